The average molecular weight is 422 g/mol. The maximum Gasteiger partial charge on any atom is 0.425 e. The summed E-state index contributed by atoms with van der Waals surface area (Å²) in [4.78, 5) is 23.9. The molecule has 0 fully saturated rings. The first kappa shape index (κ1) is 21.0. The molecule has 3 heterocycles. The predicted octanol–water partition coefficient (Wildman–Crippen LogP) is 2.62. The van der Waals surface area contributed by atoms with E-state index in [1.165, 1.54) is 25.3 Å². The lowest BCUT2D eigenvalue weighted by molar-refractivity contribution is -0.208. The smallest absolute Gasteiger partial charge is 0.425 e. The third kappa shape index (κ3) is 4.29. The first-order valence-electron chi connectivity index (χ1n) is 8.45. The number of anilines is 1. The maximum atomic E-state index is 14.4. The normalized spacial score (nSPS) is 21.2. The first-order valence-corrected chi connectivity index (χ1v) is 8.45. The molecule has 3 N–H and O–H groups in total. The van der Waals surface area contributed by atoms with Gasteiger partial charge in [-0.2, -0.15) is 18.4 Å². The van der Waals surface area contributed by atoms with E-state index in [4.69, 9.17) is 11.0 Å². The summed E-state index contributed by atoms with van der Waals surface area (Å²) in [6.45, 7) is 1.24. The summed E-state index contributed by atoms with van der Waals surface area (Å²) in [7, 11) is 0. The number of nitrogens with two attached hydrogens (primary N) is 1. The minimum absolute atomic E-state index is 0.0432. The van der Waals surface area contributed by atoms with Crippen LogP contribution in [0.1, 0.15) is 35.1 Å². The second kappa shape index (κ2) is 7.58. The molecule has 8 nitrogen and oxygen atoms in total. The van der Waals surface area contributed by atoms with E-state index < -0.39 is 47.7 Å². The van der Waals surface area contributed by atoms with Crippen molar-refractivity contribution in [3.8, 4) is 6.07 Å². The van der Waals surface area contributed by atoms with Crippen molar-refractivity contribution in [2.24, 2.45) is 10.7 Å². The van der Waals surface area contributed by atoms with Gasteiger partial charge in [-0.3, -0.25) is 4.79 Å². The molecule has 12 heteroatoms. The molecule has 1 aliphatic rings. The van der Waals surface area contributed by atoms with Crippen molar-refractivity contribution in [2.75, 3.05) is 5.32 Å². The molecule has 0 saturated carbocycles. The lowest BCUT2D eigenvalue weighted by atomic mass is 9.89. The number of amides is 1. The maximum absolute atomic E-state index is 14.4. The number of nitrogens with one attached hydrogen (secondary N) is 1. The van der Waals surface area contributed by atoms with Crippen molar-refractivity contribution in [3.05, 3.63) is 53.2 Å². The molecular weight excluding hydrogens is 408 g/mol. The fourth-order valence-electron chi connectivity index (χ4n) is 2.86. The Hall–Kier alpha value is -3.75. The summed E-state index contributed by atoms with van der Waals surface area (Å²) < 4.78 is 58.4. The number of alkyl halides is 3. The minimum Gasteiger partial charge on any atom is -0.452 e. The summed E-state index contributed by atoms with van der Waals surface area (Å²) >= 11 is 0. The number of aromatic nitrogens is 2. The van der Waals surface area contributed by atoms with Crippen LogP contribution in [0.2, 0.25) is 0 Å². The van der Waals surface area contributed by atoms with E-state index in [0.717, 1.165) is 12.1 Å². The Morgan fingerprint density at radius 1 is 1.37 bits per heavy atom. The van der Waals surface area contributed by atoms with Crippen LogP contribution in [-0.4, -0.2) is 34.2 Å². The fourth-order valence-corrected chi connectivity index (χ4v) is 2.86. The summed E-state index contributed by atoms with van der Waals surface area (Å²) in [5, 5.41) is 11.1. The molecule has 2 aromatic rings. The van der Waals surface area contributed by atoms with Crippen LogP contribution in [0.15, 0.2) is 35.5 Å². The summed E-state index contributed by atoms with van der Waals surface area (Å²) in [6, 6.07) is 5.87. The van der Waals surface area contributed by atoms with Gasteiger partial charge in [0.2, 0.25) is 0 Å². The molecule has 2 aromatic heterocycles. The molecule has 0 radical (unpaired) electrons. The Kier molecular flexibility index (Phi) is 5.30. The van der Waals surface area contributed by atoms with Crippen molar-refractivity contribution in [1.82, 2.24) is 9.97 Å². The number of ether oxygens (including phenoxy) is 1. The quantitative estimate of drug-likeness (QED) is 0.733. The highest BCUT2D eigenvalue weighted by Crippen LogP contribution is 2.40. The zero-order chi connectivity index (χ0) is 22.1. The second-order valence-electron chi connectivity index (χ2n) is 6.60. The number of hydrogen-bond donors (Lipinski definition) is 2. The van der Waals surface area contributed by atoms with E-state index in [0.29, 0.717) is 0 Å². The minimum atomic E-state index is -4.74. The van der Waals surface area contributed by atoms with Gasteiger partial charge in [0.05, 0.1) is 5.56 Å². The first-order chi connectivity index (χ1) is 14.0. The highest BCUT2D eigenvalue weighted by atomic mass is 19.4. The second-order valence-corrected chi connectivity index (χ2v) is 6.60. The lowest BCUT2D eigenvalue weighted by Gasteiger charge is -2.35. The number of carbonyl (C=O) groups is 1. The number of rotatable bonds is 3. The average Bonchev–Trinajstić information content (AvgIpc) is 2.68. The third-order valence-electron chi connectivity index (χ3n) is 4.29. The topological polar surface area (TPSA) is 126 Å². The number of halogens is 4. The van der Waals surface area contributed by atoms with Gasteiger partial charge in [-0.25, -0.2) is 19.4 Å². The standard InChI is InChI=1S/C18H14F4N6O2/c1-17(6-12(18(20,21)22)30-16(24)28-17)14-10(19)3-5-13(26-14)27-15(29)11-4-2-9(7-23)8-25-11/h2-5,8,12H,6H2,1H3,(H2,24,28)(H,26,27,29)/t12?,17-/m0/s1. The molecule has 2 atom stereocenters. The molecule has 0 aromatic carbocycles. The van der Waals surface area contributed by atoms with Gasteiger partial charge in [0.15, 0.2) is 6.10 Å². The van der Waals surface area contributed by atoms with Crippen LogP contribution in [0, 0.1) is 17.1 Å². The molecule has 0 saturated heterocycles. The fraction of sp³-hybridized carbons (Fsp3) is 0.278. The molecule has 0 spiro atoms. The monoisotopic (exact) mass is 422 g/mol. The van der Waals surface area contributed by atoms with Crippen molar-refractivity contribution in [2.45, 2.75) is 31.2 Å². The predicted molar refractivity (Wildman–Crippen MR) is 95.6 cm³/mol. The molecule has 0 bridgehead atoms. The molecular formula is C18H14F4N6O2. The number of nitriles is 1. The number of pyridine rings is 2. The van der Waals surface area contributed by atoms with E-state index in [9.17, 15) is 22.4 Å². The molecule has 1 amide bonds. The van der Waals surface area contributed by atoms with E-state index in [1.54, 1.807) is 0 Å². The van der Waals surface area contributed by atoms with Gasteiger partial charge in [0.25, 0.3) is 11.9 Å². The van der Waals surface area contributed by atoms with E-state index >= 15 is 0 Å². The number of nitrogens with zero attached hydrogens (tertiary/aromatic N) is 4. The zero-order valence-corrected chi connectivity index (χ0v) is 15.4. The van der Waals surface area contributed by atoms with Gasteiger partial charge in [-0.15, -0.1) is 0 Å². The van der Waals surface area contributed by atoms with Gasteiger partial charge in [-0.1, -0.05) is 0 Å². The summed E-state index contributed by atoms with van der Waals surface area (Å²) in [5.41, 5.74) is 3.37. The van der Waals surface area contributed by atoms with Crippen LogP contribution < -0.4 is 11.1 Å². The van der Waals surface area contributed by atoms with Crippen molar-refractivity contribution >= 4 is 17.7 Å². The highest BCUT2D eigenvalue weighted by molar-refractivity contribution is 6.02. The SMILES string of the molecule is C[C@@]1(c2nc(NC(=O)c3ccc(C#N)cn3)ccc2F)CC(C(F)(F)F)OC(N)=N1. The van der Waals surface area contributed by atoms with Crippen molar-refractivity contribution < 1.29 is 27.1 Å². The molecule has 1 aliphatic heterocycles. The van der Waals surface area contributed by atoms with Crippen molar-refractivity contribution in [3.63, 3.8) is 0 Å². The molecule has 156 valence electrons. The number of amidine groups is 1. The Bertz CT molecular complexity index is 1050. The van der Waals surface area contributed by atoms with Crippen LogP contribution in [-0.2, 0) is 10.3 Å². The van der Waals surface area contributed by atoms with Crippen LogP contribution in [0.4, 0.5) is 23.4 Å². The van der Waals surface area contributed by atoms with Gasteiger partial charge in [0, 0.05) is 12.6 Å². The van der Waals surface area contributed by atoms with E-state index in [2.05, 4.69) is 25.0 Å². The van der Waals surface area contributed by atoms with Crippen LogP contribution >= 0.6 is 0 Å². The molecule has 3 rings (SSSR count). The Morgan fingerprint density at radius 3 is 2.70 bits per heavy atom. The van der Waals surface area contributed by atoms with E-state index in [-0.39, 0.29) is 17.1 Å². The van der Waals surface area contributed by atoms with Gasteiger partial charge in [0.1, 0.15) is 34.6 Å². The molecule has 30 heavy (non-hydrogen) atoms. The van der Waals surface area contributed by atoms with Crippen LogP contribution in [0.3, 0.4) is 0 Å². The van der Waals surface area contributed by atoms with Crippen LogP contribution in [0.5, 0.6) is 0 Å². The summed E-state index contributed by atoms with van der Waals surface area (Å²) in [5.74, 6) is -1.77. The Labute approximate surface area is 167 Å². The van der Waals surface area contributed by atoms with Crippen molar-refractivity contribution in [1.29, 1.82) is 5.26 Å². The Balaban J connectivity index is 1.90. The summed E-state index contributed by atoms with van der Waals surface area (Å²) in [6.07, 6.45) is -6.60. The number of aliphatic imine (C=N–C) groups is 1. The van der Waals surface area contributed by atoms with Gasteiger partial charge >= 0.3 is 6.18 Å². The lowest BCUT2D eigenvalue weighted by Crippen LogP contribution is -2.46. The van der Waals surface area contributed by atoms with Gasteiger partial charge < -0.3 is 15.8 Å². The van der Waals surface area contributed by atoms with E-state index in [1.807, 2.05) is 6.07 Å². The molecule has 1 unspecified atom stereocenters. The zero-order valence-electron chi connectivity index (χ0n) is 15.4. The largest absolute Gasteiger partial charge is 0.452 e. The van der Waals surface area contributed by atoms with Gasteiger partial charge in [-0.05, 0) is 31.2 Å². The van der Waals surface area contributed by atoms with Crippen LogP contribution in [0.25, 0.3) is 0 Å². The third-order valence-corrected chi connectivity index (χ3v) is 4.29. The highest BCUT2D eigenvalue weighted by Gasteiger charge is 2.50. The number of hydrogen-bond acceptors (Lipinski definition) is 7. The number of carbonyl (C=O) groups excluding carboxylic acids is 1. The Morgan fingerprint density at radius 2 is 2.10 bits per heavy atom. The molecule has 0 aliphatic carbocycles.